The number of nitrogens with two attached hydrogens (primary N) is 1. The lowest BCUT2D eigenvalue weighted by atomic mass is 10.0. The van der Waals surface area contributed by atoms with Gasteiger partial charge in [-0.2, -0.15) is 0 Å². The van der Waals surface area contributed by atoms with E-state index in [1.54, 1.807) is 91.0 Å². The lowest BCUT2D eigenvalue weighted by molar-refractivity contribution is -0.135. The van der Waals surface area contributed by atoms with Crippen LogP contribution < -0.4 is 5.73 Å². The Morgan fingerprint density at radius 3 is 1.65 bits per heavy atom. The summed E-state index contributed by atoms with van der Waals surface area (Å²) in [6.07, 6.45) is -3.94. The molecule has 0 amide bonds. The quantitative estimate of drug-likeness (QED) is 0.242. The molecular weight excluding hydrogens is 518 g/mol. The lowest BCUT2D eigenvalue weighted by Crippen LogP contribution is -2.43. The van der Waals surface area contributed by atoms with E-state index >= 15 is 0 Å². The van der Waals surface area contributed by atoms with Crippen molar-refractivity contribution >= 4 is 23.9 Å². The fraction of sp³-hybridized carbons (Fsp3) is 0.200. The molecule has 1 aliphatic rings. The molecule has 4 rings (SSSR count). The first kappa shape index (κ1) is 28.1. The van der Waals surface area contributed by atoms with E-state index < -0.39 is 48.3 Å². The number of esters is 4. The van der Waals surface area contributed by atoms with Gasteiger partial charge in [0.25, 0.3) is 0 Å². The first-order chi connectivity index (χ1) is 19.4. The van der Waals surface area contributed by atoms with Crippen LogP contribution in [-0.4, -0.2) is 62.0 Å². The van der Waals surface area contributed by atoms with E-state index in [1.807, 2.05) is 0 Å². The fourth-order valence-electron chi connectivity index (χ4n) is 4.03. The Balaban J connectivity index is 1.65. The topological polar surface area (TPSA) is 140 Å². The molecular formula is C30H27NO9. The molecule has 0 aliphatic carbocycles. The van der Waals surface area contributed by atoms with Crippen molar-refractivity contribution in [2.24, 2.45) is 5.73 Å². The van der Waals surface area contributed by atoms with Gasteiger partial charge in [-0.1, -0.05) is 54.6 Å². The van der Waals surface area contributed by atoms with Gasteiger partial charge in [-0.3, -0.25) is 0 Å². The Labute approximate surface area is 230 Å². The van der Waals surface area contributed by atoms with E-state index in [2.05, 4.69) is 4.74 Å². The van der Waals surface area contributed by atoms with Gasteiger partial charge in [-0.15, -0.1) is 0 Å². The fourth-order valence-corrected chi connectivity index (χ4v) is 4.03. The molecule has 0 bridgehead atoms. The van der Waals surface area contributed by atoms with E-state index in [1.165, 1.54) is 7.11 Å². The van der Waals surface area contributed by atoms with Crippen molar-refractivity contribution in [2.75, 3.05) is 13.7 Å². The highest BCUT2D eigenvalue weighted by molar-refractivity contribution is 5.91. The number of carbonyl (C=O) groups excluding carboxylic acids is 4. The molecule has 4 atom stereocenters. The van der Waals surface area contributed by atoms with E-state index in [9.17, 15) is 19.2 Å². The van der Waals surface area contributed by atoms with E-state index in [0.29, 0.717) is 5.56 Å². The van der Waals surface area contributed by atoms with Crippen LogP contribution in [0.2, 0.25) is 0 Å². The van der Waals surface area contributed by atoms with Gasteiger partial charge in [0.05, 0.1) is 23.8 Å². The first-order valence-electron chi connectivity index (χ1n) is 12.3. The van der Waals surface area contributed by atoms with Crippen molar-refractivity contribution in [1.82, 2.24) is 0 Å². The third-order valence-electron chi connectivity index (χ3n) is 6.02. The summed E-state index contributed by atoms with van der Waals surface area (Å²) in [4.78, 5) is 50.7. The molecule has 206 valence electrons. The number of benzene rings is 3. The maximum absolute atomic E-state index is 13.1. The molecule has 10 heteroatoms. The third kappa shape index (κ3) is 6.91. The van der Waals surface area contributed by atoms with Crippen molar-refractivity contribution in [3.8, 4) is 0 Å². The summed E-state index contributed by atoms with van der Waals surface area (Å²) in [5.74, 6) is -2.89. The molecule has 0 radical (unpaired) electrons. The molecule has 0 spiro atoms. The SMILES string of the molecule is COC(=O)/C=C(/N)[C@@H]1O[C@H](COC(=O)c2ccccc2)[C@@H](OC(=O)c2ccccc2)[C@H]1OC(=O)c1ccccc1. The Bertz CT molecular complexity index is 1360. The Hall–Kier alpha value is -4.96. The van der Waals surface area contributed by atoms with Crippen LogP contribution in [0.4, 0.5) is 0 Å². The van der Waals surface area contributed by atoms with Crippen LogP contribution in [0.15, 0.2) is 103 Å². The average Bonchev–Trinajstić information content (AvgIpc) is 3.33. The molecule has 2 N–H and O–H groups in total. The van der Waals surface area contributed by atoms with Gasteiger partial charge in [-0.25, -0.2) is 19.2 Å². The van der Waals surface area contributed by atoms with Crippen LogP contribution in [0.1, 0.15) is 31.1 Å². The Kier molecular flexibility index (Phi) is 9.27. The zero-order valence-corrected chi connectivity index (χ0v) is 21.5. The second-order valence-electron chi connectivity index (χ2n) is 8.70. The molecule has 10 nitrogen and oxygen atoms in total. The highest BCUT2D eigenvalue weighted by Crippen LogP contribution is 2.31. The summed E-state index contributed by atoms with van der Waals surface area (Å²) in [5.41, 5.74) is 6.78. The van der Waals surface area contributed by atoms with Crippen LogP contribution in [-0.2, 0) is 28.5 Å². The Morgan fingerprint density at radius 1 is 0.725 bits per heavy atom. The number of carbonyl (C=O) groups is 4. The smallest absolute Gasteiger partial charge is 0.338 e. The van der Waals surface area contributed by atoms with E-state index in [0.717, 1.165) is 6.08 Å². The number of hydrogen-bond acceptors (Lipinski definition) is 10. The average molecular weight is 546 g/mol. The molecule has 1 saturated heterocycles. The van der Waals surface area contributed by atoms with Crippen molar-refractivity contribution in [1.29, 1.82) is 0 Å². The highest BCUT2D eigenvalue weighted by Gasteiger charge is 2.51. The van der Waals surface area contributed by atoms with Crippen molar-refractivity contribution in [3.05, 3.63) is 119 Å². The minimum atomic E-state index is -1.30. The van der Waals surface area contributed by atoms with Gasteiger partial charge in [-0.05, 0) is 36.4 Å². The summed E-state index contributed by atoms with van der Waals surface area (Å²) in [6, 6.07) is 24.6. The van der Waals surface area contributed by atoms with E-state index in [-0.39, 0.29) is 23.4 Å². The minimum Gasteiger partial charge on any atom is -0.466 e. The molecule has 40 heavy (non-hydrogen) atoms. The van der Waals surface area contributed by atoms with Crippen LogP contribution >= 0.6 is 0 Å². The summed E-state index contributed by atoms with van der Waals surface area (Å²) in [5, 5.41) is 0. The summed E-state index contributed by atoms with van der Waals surface area (Å²) in [7, 11) is 1.17. The van der Waals surface area contributed by atoms with Crippen LogP contribution in [0, 0.1) is 0 Å². The van der Waals surface area contributed by atoms with Crippen molar-refractivity contribution < 1.29 is 42.9 Å². The highest BCUT2D eigenvalue weighted by atomic mass is 16.7. The van der Waals surface area contributed by atoms with Crippen molar-refractivity contribution in [2.45, 2.75) is 24.4 Å². The predicted octanol–water partition coefficient (Wildman–Crippen LogP) is 3.08. The number of hydrogen-bond donors (Lipinski definition) is 1. The van der Waals surface area contributed by atoms with Gasteiger partial charge >= 0.3 is 23.9 Å². The van der Waals surface area contributed by atoms with Gasteiger partial charge in [0, 0.05) is 11.8 Å². The van der Waals surface area contributed by atoms with Crippen molar-refractivity contribution in [3.63, 3.8) is 0 Å². The van der Waals surface area contributed by atoms with Gasteiger partial charge < -0.3 is 29.4 Å². The number of rotatable bonds is 9. The molecule has 0 aromatic heterocycles. The molecule has 3 aromatic carbocycles. The Morgan fingerprint density at radius 2 is 1.18 bits per heavy atom. The number of ether oxygens (including phenoxy) is 5. The molecule has 3 aromatic rings. The van der Waals surface area contributed by atoms with Crippen LogP contribution in [0.5, 0.6) is 0 Å². The molecule has 0 unspecified atom stereocenters. The van der Waals surface area contributed by atoms with Gasteiger partial charge in [0.1, 0.15) is 18.8 Å². The third-order valence-corrected chi connectivity index (χ3v) is 6.02. The van der Waals surface area contributed by atoms with Gasteiger partial charge in [0.2, 0.25) is 0 Å². The molecule has 1 aliphatic heterocycles. The zero-order chi connectivity index (χ0) is 28.5. The normalized spacial score (nSPS) is 20.3. The monoisotopic (exact) mass is 545 g/mol. The molecule has 1 fully saturated rings. The largest absolute Gasteiger partial charge is 0.466 e. The molecule has 1 heterocycles. The maximum atomic E-state index is 13.1. The maximum Gasteiger partial charge on any atom is 0.338 e. The summed E-state index contributed by atoms with van der Waals surface area (Å²) in [6.45, 7) is -0.373. The zero-order valence-electron chi connectivity index (χ0n) is 21.5. The van der Waals surface area contributed by atoms with Crippen LogP contribution in [0.25, 0.3) is 0 Å². The van der Waals surface area contributed by atoms with Crippen LogP contribution in [0.3, 0.4) is 0 Å². The number of methoxy groups -OCH3 is 1. The van der Waals surface area contributed by atoms with E-state index in [4.69, 9.17) is 24.7 Å². The predicted molar refractivity (Wildman–Crippen MR) is 141 cm³/mol. The molecule has 0 saturated carbocycles. The summed E-state index contributed by atoms with van der Waals surface area (Å²) < 4.78 is 27.7. The summed E-state index contributed by atoms with van der Waals surface area (Å²) >= 11 is 0. The first-order valence-corrected chi connectivity index (χ1v) is 12.3. The second kappa shape index (κ2) is 13.2. The van der Waals surface area contributed by atoms with Gasteiger partial charge in [0.15, 0.2) is 12.2 Å². The minimum absolute atomic E-state index is 0.143. The lowest BCUT2D eigenvalue weighted by Gasteiger charge is -2.24. The second-order valence-corrected chi connectivity index (χ2v) is 8.70. The standard InChI is InChI=1S/C30H27NO9/c1-36-24(32)17-22(31)25-27(40-30(35)21-15-9-4-10-16-21)26(39-29(34)20-13-7-3-8-14-20)23(38-25)18-37-28(33)19-11-5-2-6-12-19/h2-17,23,25-27H,18,31H2,1H3/b22-17+/t23-,25+,26-,27+/m1/s1.